The molecule has 0 radical (unpaired) electrons. The Morgan fingerprint density at radius 3 is 2.70 bits per heavy atom. The van der Waals surface area contributed by atoms with Crippen LogP contribution in [-0.4, -0.2) is 30.9 Å². The zero-order valence-electron chi connectivity index (χ0n) is 15.3. The van der Waals surface area contributed by atoms with Crippen LogP contribution in [0.3, 0.4) is 0 Å². The van der Waals surface area contributed by atoms with E-state index in [1.807, 2.05) is 43.5 Å². The van der Waals surface area contributed by atoms with Crippen molar-refractivity contribution in [1.82, 2.24) is 19.7 Å². The highest BCUT2D eigenvalue weighted by Gasteiger charge is 2.21. The predicted molar refractivity (Wildman–Crippen MR) is 109 cm³/mol. The molecular formula is C19H20ClN5OS. The standard InChI is InChI=1S/C19H20ClN5OS/c1-4-25-17(14-7-9-21-10-8-14)23-24-19(25)27-13(3)18(26)22-16-11-15(20)6-5-12(16)2/h5-11,13H,4H2,1-3H3,(H,22,26)/t13-/m0/s1. The van der Waals surface area contributed by atoms with Gasteiger partial charge in [0.1, 0.15) is 0 Å². The summed E-state index contributed by atoms with van der Waals surface area (Å²) in [7, 11) is 0. The lowest BCUT2D eigenvalue weighted by molar-refractivity contribution is -0.115. The zero-order chi connectivity index (χ0) is 19.4. The van der Waals surface area contributed by atoms with Crippen molar-refractivity contribution in [2.75, 3.05) is 5.32 Å². The molecule has 1 atom stereocenters. The Hall–Kier alpha value is -2.38. The van der Waals surface area contributed by atoms with Gasteiger partial charge in [-0.3, -0.25) is 9.78 Å². The number of aryl methyl sites for hydroxylation is 1. The van der Waals surface area contributed by atoms with Gasteiger partial charge in [-0.25, -0.2) is 0 Å². The molecule has 3 rings (SSSR count). The van der Waals surface area contributed by atoms with Crippen LogP contribution < -0.4 is 5.32 Å². The molecule has 27 heavy (non-hydrogen) atoms. The van der Waals surface area contributed by atoms with Crippen LogP contribution in [0, 0.1) is 6.92 Å². The van der Waals surface area contributed by atoms with Crippen LogP contribution in [0.4, 0.5) is 5.69 Å². The number of benzene rings is 1. The molecule has 0 saturated heterocycles. The number of aromatic nitrogens is 4. The smallest absolute Gasteiger partial charge is 0.237 e. The second-order valence-electron chi connectivity index (χ2n) is 5.99. The van der Waals surface area contributed by atoms with Crippen LogP contribution in [0.1, 0.15) is 19.4 Å². The van der Waals surface area contributed by atoms with Crippen LogP contribution in [0.5, 0.6) is 0 Å². The third kappa shape index (κ3) is 4.48. The molecule has 0 fully saturated rings. The predicted octanol–water partition coefficient (Wildman–Crippen LogP) is 4.44. The molecular weight excluding hydrogens is 382 g/mol. The summed E-state index contributed by atoms with van der Waals surface area (Å²) >= 11 is 7.40. The number of hydrogen-bond acceptors (Lipinski definition) is 5. The van der Waals surface area contributed by atoms with Gasteiger partial charge in [0.25, 0.3) is 0 Å². The molecule has 1 N–H and O–H groups in total. The molecule has 0 bridgehead atoms. The molecule has 0 spiro atoms. The summed E-state index contributed by atoms with van der Waals surface area (Å²) in [6.07, 6.45) is 3.44. The third-order valence-corrected chi connectivity index (χ3v) is 5.40. The fourth-order valence-corrected chi connectivity index (χ4v) is 3.64. The molecule has 0 aliphatic carbocycles. The maximum Gasteiger partial charge on any atom is 0.237 e. The number of hydrogen-bond donors (Lipinski definition) is 1. The SMILES string of the molecule is CCn1c(S[C@@H](C)C(=O)Nc2cc(Cl)ccc2C)nnc1-c1ccncc1. The average molecular weight is 402 g/mol. The monoisotopic (exact) mass is 401 g/mol. The number of nitrogens with one attached hydrogen (secondary N) is 1. The number of thioether (sulfide) groups is 1. The van der Waals surface area contributed by atoms with Crippen molar-refractivity contribution in [2.24, 2.45) is 0 Å². The highest BCUT2D eigenvalue weighted by Crippen LogP contribution is 2.28. The topological polar surface area (TPSA) is 72.7 Å². The van der Waals surface area contributed by atoms with Crippen molar-refractivity contribution in [2.45, 2.75) is 37.7 Å². The van der Waals surface area contributed by atoms with Crippen LogP contribution in [0.15, 0.2) is 47.9 Å². The lowest BCUT2D eigenvalue weighted by Gasteiger charge is -2.14. The number of carbonyl (C=O) groups excluding carboxylic acids is 1. The van der Waals surface area contributed by atoms with Crippen molar-refractivity contribution >= 4 is 35.0 Å². The van der Waals surface area contributed by atoms with Crippen molar-refractivity contribution in [1.29, 1.82) is 0 Å². The molecule has 6 nitrogen and oxygen atoms in total. The molecule has 2 aromatic heterocycles. The van der Waals surface area contributed by atoms with E-state index in [9.17, 15) is 4.79 Å². The summed E-state index contributed by atoms with van der Waals surface area (Å²) in [5.74, 6) is 0.655. The first-order chi connectivity index (χ1) is 13.0. The molecule has 0 aliphatic heterocycles. The number of carbonyl (C=O) groups is 1. The quantitative estimate of drug-likeness (QED) is 0.618. The van der Waals surface area contributed by atoms with Gasteiger partial charge in [0.15, 0.2) is 11.0 Å². The van der Waals surface area contributed by atoms with Gasteiger partial charge in [0.2, 0.25) is 5.91 Å². The fraction of sp³-hybridized carbons (Fsp3) is 0.263. The summed E-state index contributed by atoms with van der Waals surface area (Å²) in [4.78, 5) is 16.6. The van der Waals surface area contributed by atoms with E-state index >= 15 is 0 Å². The van der Waals surface area contributed by atoms with E-state index in [1.165, 1.54) is 11.8 Å². The molecule has 1 amide bonds. The van der Waals surface area contributed by atoms with Crippen LogP contribution in [0.25, 0.3) is 11.4 Å². The van der Waals surface area contributed by atoms with Crippen LogP contribution in [0.2, 0.25) is 5.02 Å². The molecule has 8 heteroatoms. The van der Waals surface area contributed by atoms with Crippen molar-refractivity contribution < 1.29 is 4.79 Å². The van der Waals surface area contributed by atoms with Crippen LogP contribution in [-0.2, 0) is 11.3 Å². The number of halogens is 1. The third-order valence-electron chi connectivity index (χ3n) is 4.08. The number of nitrogens with zero attached hydrogens (tertiary/aromatic N) is 4. The number of amides is 1. The summed E-state index contributed by atoms with van der Waals surface area (Å²) in [5.41, 5.74) is 2.62. The second kappa shape index (κ2) is 8.54. The average Bonchev–Trinajstić information content (AvgIpc) is 3.07. The van der Waals surface area contributed by atoms with Gasteiger partial charge in [-0.2, -0.15) is 0 Å². The lowest BCUT2D eigenvalue weighted by Crippen LogP contribution is -2.23. The molecule has 0 saturated carbocycles. The maximum absolute atomic E-state index is 12.6. The van der Waals surface area contributed by atoms with E-state index in [4.69, 9.17) is 11.6 Å². The van der Waals surface area contributed by atoms with Gasteiger partial charge < -0.3 is 9.88 Å². The first kappa shape index (κ1) is 19.4. The number of pyridine rings is 1. The minimum absolute atomic E-state index is 0.110. The van der Waals surface area contributed by atoms with Gasteiger partial charge in [0.05, 0.1) is 5.25 Å². The fourth-order valence-electron chi connectivity index (χ4n) is 2.55. The lowest BCUT2D eigenvalue weighted by atomic mass is 10.2. The van der Waals surface area contributed by atoms with E-state index in [1.54, 1.807) is 24.5 Å². The highest BCUT2D eigenvalue weighted by molar-refractivity contribution is 8.00. The largest absolute Gasteiger partial charge is 0.325 e. The Morgan fingerprint density at radius 1 is 1.26 bits per heavy atom. The van der Waals surface area contributed by atoms with Gasteiger partial charge in [-0.15, -0.1) is 10.2 Å². The Labute approximate surface area is 167 Å². The molecule has 3 aromatic rings. The van der Waals surface area contributed by atoms with Gasteiger partial charge >= 0.3 is 0 Å². The van der Waals surface area contributed by atoms with E-state index in [0.29, 0.717) is 16.7 Å². The van der Waals surface area contributed by atoms with Crippen molar-refractivity contribution in [3.8, 4) is 11.4 Å². The Balaban J connectivity index is 1.76. The Morgan fingerprint density at radius 2 is 2.00 bits per heavy atom. The number of anilines is 1. The first-order valence-electron chi connectivity index (χ1n) is 8.57. The van der Waals surface area contributed by atoms with Gasteiger partial charge in [0, 0.05) is 35.2 Å². The summed E-state index contributed by atoms with van der Waals surface area (Å²) < 4.78 is 1.99. The van der Waals surface area contributed by atoms with Crippen LogP contribution >= 0.6 is 23.4 Å². The Kier molecular flexibility index (Phi) is 6.13. The minimum Gasteiger partial charge on any atom is -0.325 e. The molecule has 140 valence electrons. The molecule has 0 unspecified atom stereocenters. The summed E-state index contributed by atoms with van der Waals surface area (Å²) in [5, 5.41) is 12.5. The highest BCUT2D eigenvalue weighted by atomic mass is 35.5. The molecule has 0 aliphatic rings. The molecule has 2 heterocycles. The second-order valence-corrected chi connectivity index (χ2v) is 7.74. The van der Waals surface area contributed by atoms with Crippen molar-refractivity contribution in [3.63, 3.8) is 0 Å². The zero-order valence-corrected chi connectivity index (χ0v) is 16.9. The summed E-state index contributed by atoms with van der Waals surface area (Å²) in [6.45, 7) is 6.51. The van der Waals surface area contributed by atoms with E-state index in [2.05, 4.69) is 20.5 Å². The first-order valence-corrected chi connectivity index (χ1v) is 9.82. The van der Waals surface area contributed by atoms with Crippen molar-refractivity contribution in [3.05, 3.63) is 53.3 Å². The summed E-state index contributed by atoms with van der Waals surface area (Å²) in [6, 6.07) is 9.22. The maximum atomic E-state index is 12.6. The van der Waals surface area contributed by atoms with E-state index in [-0.39, 0.29) is 11.2 Å². The minimum atomic E-state index is -0.344. The Bertz CT molecular complexity index is 945. The van der Waals surface area contributed by atoms with Gasteiger partial charge in [-0.1, -0.05) is 29.4 Å². The van der Waals surface area contributed by atoms with Gasteiger partial charge in [-0.05, 0) is 50.6 Å². The normalized spacial score (nSPS) is 12.0. The van der Waals surface area contributed by atoms with E-state index < -0.39 is 0 Å². The number of rotatable bonds is 6. The van der Waals surface area contributed by atoms with E-state index in [0.717, 1.165) is 22.6 Å². The molecule has 1 aromatic carbocycles.